The SMILES string of the molecule is CC(c1ccc(F)cc1)N(C)C(=O)c1ccc(F)c(N)c1. The number of nitrogens with two attached hydrogens (primary N) is 1. The van der Waals surface area contributed by atoms with Crippen molar-refractivity contribution in [2.24, 2.45) is 0 Å². The number of rotatable bonds is 3. The average molecular weight is 290 g/mol. The topological polar surface area (TPSA) is 46.3 Å². The van der Waals surface area contributed by atoms with Crippen LogP contribution in [0.5, 0.6) is 0 Å². The minimum atomic E-state index is -0.555. The van der Waals surface area contributed by atoms with Crippen LogP contribution >= 0.6 is 0 Å². The van der Waals surface area contributed by atoms with E-state index in [1.807, 2.05) is 6.92 Å². The molecule has 1 unspecified atom stereocenters. The van der Waals surface area contributed by atoms with E-state index in [9.17, 15) is 13.6 Å². The highest BCUT2D eigenvalue weighted by Crippen LogP contribution is 2.22. The lowest BCUT2D eigenvalue weighted by molar-refractivity contribution is 0.0742. The monoisotopic (exact) mass is 290 g/mol. The van der Waals surface area contributed by atoms with Crippen molar-refractivity contribution in [1.82, 2.24) is 4.90 Å². The molecular weight excluding hydrogens is 274 g/mol. The largest absolute Gasteiger partial charge is 0.396 e. The molecule has 2 N–H and O–H groups in total. The van der Waals surface area contributed by atoms with Gasteiger partial charge in [0.2, 0.25) is 0 Å². The van der Waals surface area contributed by atoms with Crippen LogP contribution in [-0.2, 0) is 0 Å². The Kier molecular flexibility index (Phi) is 4.21. The summed E-state index contributed by atoms with van der Waals surface area (Å²) in [7, 11) is 1.63. The zero-order valence-electron chi connectivity index (χ0n) is 11.8. The minimum Gasteiger partial charge on any atom is -0.396 e. The molecule has 2 aromatic rings. The van der Waals surface area contributed by atoms with Crippen molar-refractivity contribution >= 4 is 11.6 Å². The third-order valence-electron chi connectivity index (χ3n) is 3.50. The van der Waals surface area contributed by atoms with E-state index in [-0.39, 0.29) is 23.5 Å². The summed E-state index contributed by atoms with van der Waals surface area (Å²) in [6.07, 6.45) is 0. The zero-order valence-corrected chi connectivity index (χ0v) is 11.8. The Balaban J connectivity index is 2.21. The Bertz CT molecular complexity index is 656. The van der Waals surface area contributed by atoms with Crippen LogP contribution in [0.3, 0.4) is 0 Å². The Morgan fingerprint density at radius 1 is 1.14 bits per heavy atom. The van der Waals surface area contributed by atoms with Gasteiger partial charge in [-0.3, -0.25) is 4.79 Å². The van der Waals surface area contributed by atoms with E-state index in [0.717, 1.165) is 5.56 Å². The number of halogens is 2. The van der Waals surface area contributed by atoms with Crippen molar-refractivity contribution in [1.29, 1.82) is 0 Å². The molecule has 0 aliphatic rings. The fraction of sp³-hybridized carbons (Fsp3) is 0.188. The predicted octanol–water partition coefficient (Wildman–Crippen LogP) is 3.38. The third-order valence-corrected chi connectivity index (χ3v) is 3.50. The maximum absolute atomic E-state index is 13.1. The van der Waals surface area contributed by atoms with Gasteiger partial charge in [-0.15, -0.1) is 0 Å². The molecule has 1 atom stereocenters. The number of benzene rings is 2. The Hall–Kier alpha value is -2.43. The number of carbonyl (C=O) groups is 1. The highest BCUT2D eigenvalue weighted by molar-refractivity contribution is 5.95. The first-order valence-corrected chi connectivity index (χ1v) is 6.48. The van der Waals surface area contributed by atoms with Gasteiger partial charge < -0.3 is 10.6 Å². The van der Waals surface area contributed by atoms with Crippen molar-refractivity contribution in [3.63, 3.8) is 0 Å². The van der Waals surface area contributed by atoms with Crippen molar-refractivity contribution in [2.45, 2.75) is 13.0 Å². The first-order valence-electron chi connectivity index (χ1n) is 6.48. The molecule has 0 fully saturated rings. The van der Waals surface area contributed by atoms with E-state index < -0.39 is 5.82 Å². The summed E-state index contributed by atoms with van der Waals surface area (Å²) in [4.78, 5) is 13.9. The number of nitrogen functional groups attached to an aromatic ring is 1. The van der Waals surface area contributed by atoms with Crippen LogP contribution in [0.4, 0.5) is 14.5 Å². The van der Waals surface area contributed by atoms with Gasteiger partial charge >= 0.3 is 0 Å². The molecule has 0 radical (unpaired) electrons. The first kappa shape index (κ1) is 15.0. The molecular formula is C16H16F2N2O. The number of hydrogen-bond donors (Lipinski definition) is 1. The van der Waals surface area contributed by atoms with Crippen molar-refractivity contribution in [2.75, 3.05) is 12.8 Å². The summed E-state index contributed by atoms with van der Waals surface area (Å²) in [6, 6.07) is 9.57. The third kappa shape index (κ3) is 3.18. The van der Waals surface area contributed by atoms with Crippen molar-refractivity contribution < 1.29 is 13.6 Å². The Morgan fingerprint density at radius 3 is 2.33 bits per heavy atom. The molecule has 2 rings (SSSR count). The fourth-order valence-electron chi connectivity index (χ4n) is 2.02. The van der Waals surface area contributed by atoms with Gasteiger partial charge in [-0.1, -0.05) is 12.1 Å². The summed E-state index contributed by atoms with van der Waals surface area (Å²) in [6.45, 7) is 1.83. The molecule has 0 saturated heterocycles. The van der Waals surface area contributed by atoms with Crippen LogP contribution in [0.25, 0.3) is 0 Å². The highest BCUT2D eigenvalue weighted by atomic mass is 19.1. The molecule has 0 aliphatic heterocycles. The van der Waals surface area contributed by atoms with Crippen molar-refractivity contribution in [3.8, 4) is 0 Å². The van der Waals surface area contributed by atoms with Gasteiger partial charge in [-0.2, -0.15) is 0 Å². The molecule has 110 valence electrons. The molecule has 0 spiro atoms. The number of hydrogen-bond acceptors (Lipinski definition) is 2. The summed E-state index contributed by atoms with van der Waals surface area (Å²) in [5.74, 6) is -1.16. The maximum atomic E-state index is 13.1. The second kappa shape index (κ2) is 5.91. The molecule has 3 nitrogen and oxygen atoms in total. The van der Waals surface area contributed by atoms with Gasteiger partial charge in [-0.25, -0.2) is 8.78 Å². The number of nitrogens with zero attached hydrogens (tertiary/aromatic N) is 1. The van der Waals surface area contributed by atoms with E-state index in [0.29, 0.717) is 5.56 Å². The van der Waals surface area contributed by atoms with Crippen LogP contribution in [0.15, 0.2) is 42.5 Å². The molecule has 1 amide bonds. The molecule has 5 heteroatoms. The fourth-order valence-corrected chi connectivity index (χ4v) is 2.02. The van der Waals surface area contributed by atoms with Gasteiger partial charge in [0.15, 0.2) is 0 Å². The van der Waals surface area contributed by atoms with Gasteiger partial charge in [0.1, 0.15) is 11.6 Å². The van der Waals surface area contributed by atoms with Crippen molar-refractivity contribution in [3.05, 3.63) is 65.2 Å². The van der Waals surface area contributed by atoms with Gasteiger partial charge in [-0.05, 0) is 42.8 Å². The number of carbonyl (C=O) groups excluding carboxylic acids is 1. The van der Waals surface area contributed by atoms with E-state index in [4.69, 9.17) is 5.73 Å². The minimum absolute atomic E-state index is 0.0660. The van der Waals surface area contributed by atoms with E-state index >= 15 is 0 Å². The number of anilines is 1. The zero-order chi connectivity index (χ0) is 15.6. The number of amides is 1. The Morgan fingerprint density at radius 2 is 1.76 bits per heavy atom. The molecule has 0 heterocycles. The van der Waals surface area contributed by atoms with Gasteiger partial charge in [0, 0.05) is 12.6 Å². The van der Waals surface area contributed by atoms with Crippen LogP contribution < -0.4 is 5.73 Å². The lowest BCUT2D eigenvalue weighted by Gasteiger charge is -2.25. The second-order valence-electron chi connectivity index (χ2n) is 4.88. The van der Waals surface area contributed by atoms with Crippen LogP contribution in [-0.4, -0.2) is 17.9 Å². The van der Waals surface area contributed by atoms with Crippen LogP contribution in [0.2, 0.25) is 0 Å². The standard InChI is InChI=1S/C16H16F2N2O/c1-10(11-3-6-13(17)7-4-11)20(2)16(21)12-5-8-14(18)15(19)9-12/h3-10H,19H2,1-2H3. The van der Waals surface area contributed by atoms with E-state index in [2.05, 4.69) is 0 Å². The predicted molar refractivity (Wildman–Crippen MR) is 77.7 cm³/mol. The molecule has 21 heavy (non-hydrogen) atoms. The molecule has 2 aromatic carbocycles. The quantitative estimate of drug-likeness (QED) is 0.881. The summed E-state index contributed by atoms with van der Waals surface area (Å²) in [5, 5.41) is 0. The lowest BCUT2D eigenvalue weighted by Crippen LogP contribution is -2.29. The molecule has 0 aromatic heterocycles. The van der Waals surface area contributed by atoms with Gasteiger partial charge in [0.25, 0.3) is 5.91 Å². The summed E-state index contributed by atoms with van der Waals surface area (Å²) >= 11 is 0. The molecule has 0 aliphatic carbocycles. The van der Waals surface area contributed by atoms with E-state index in [1.54, 1.807) is 19.2 Å². The first-order chi connectivity index (χ1) is 9.90. The highest BCUT2D eigenvalue weighted by Gasteiger charge is 2.19. The maximum Gasteiger partial charge on any atom is 0.254 e. The average Bonchev–Trinajstić information content (AvgIpc) is 2.48. The molecule has 0 saturated carbocycles. The summed E-state index contributed by atoms with van der Waals surface area (Å²) in [5.41, 5.74) is 6.53. The smallest absolute Gasteiger partial charge is 0.254 e. The lowest BCUT2D eigenvalue weighted by atomic mass is 10.1. The Labute approximate surface area is 122 Å². The van der Waals surface area contributed by atoms with E-state index in [1.165, 1.54) is 35.2 Å². The van der Waals surface area contributed by atoms with Crippen LogP contribution in [0, 0.1) is 11.6 Å². The van der Waals surface area contributed by atoms with Gasteiger partial charge in [0.05, 0.1) is 11.7 Å². The summed E-state index contributed by atoms with van der Waals surface area (Å²) < 4.78 is 26.1. The van der Waals surface area contributed by atoms with Crippen LogP contribution in [0.1, 0.15) is 28.9 Å². The normalized spacial score (nSPS) is 12.0. The molecule has 0 bridgehead atoms. The second-order valence-corrected chi connectivity index (χ2v) is 4.88.